The van der Waals surface area contributed by atoms with Crippen molar-refractivity contribution < 1.29 is 25.9 Å². The summed E-state index contributed by atoms with van der Waals surface area (Å²) >= 11 is 21.3. The maximum Gasteiger partial charge on any atom is 0.132 e. The highest BCUT2D eigenvalue weighted by molar-refractivity contribution is 9.11. The van der Waals surface area contributed by atoms with Crippen molar-refractivity contribution in [1.29, 1.82) is 0 Å². The van der Waals surface area contributed by atoms with E-state index in [1.807, 2.05) is 47.8 Å². The van der Waals surface area contributed by atoms with Crippen molar-refractivity contribution in [1.82, 2.24) is 0 Å². The zero-order chi connectivity index (χ0) is 75.5. The van der Waals surface area contributed by atoms with Gasteiger partial charge in [0.25, 0.3) is 0 Å². The largest absolute Gasteiger partial charge is 0.239 e. The maximum absolute atomic E-state index is 16.1. The van der Waals surface area contributed by atoms with E-state index in [-0.39, 0.29) is 28.8 Å². The van der Waals surface area contributed by atoms with E-state index >= 15 is 8.78 Å². The molecule has 0 saturated heterocycles. The van der Waals surface area contributed by atoms with Gasteiger partial charge in [-0.2, -0.15) is 0 Å². The fourth-order valence-corrected chi connectivity index (χ4v) is 22.8. The SMILES string of the molecule is C=CC(CCCC)CCc1ccc(-c2ccc(C3=C4C(SCC(C=C)CCCC)=NC(c5ccc(-c6ccc(CCC(C=C)CCCC)cc6F)s5)=C4C(SCC(C=C)CCCC)=N3)s2)c(F)c1.C=CC(CCCC)CSC1=NC(c2ccc(Br)s2)=C2C(SCC(C=C)CCCC)=NC(c3ccc(Br)s3)=C12.[HH].[HH].[HH].[HH].[HH].[HH].[HH].[HH].[HH].[HH].[HH].[HH]. The predicted molar refractivity (Wildman–Crippen MR) is 512 cm³/mol. The third kappa shape index (κ3) is 23.3. The molecular weight excluding hydrogens is 1590 g/mol. The Labute approximate surface area is 702 Å². The molecule has 10 rings (SSSR count). The number of allylic oxidation sites excluding steroid dienone is 6. The first-order valence-corrected chi connectivity index (χ1v) is 47.4. The molecule has 0 bridgehead atoms. The van der Waals surface area contributed by atoms with Crippen molar-refractivity contribution in [3.05, 3.63) is 233 Å². The lowest BCUT2D eigenvalue weighted by molar-refractivity contribution is 0.518. The Morgan fingerprint density at radius 1 is 0.349 bits per heavy atom. The zero-order valence-electron chi connectivity index (χ0n) is 63.2. The van der Waals surface area contributed by atoms with Crippen molar-refractivity contribution in [2.45, 2.75) is 183 Å². The Morgan fingerprint density at radius 3 is 0.849 bits per heavy atom. The van der Waals surface area contributed by atoms with Gasteiger partial charge in [-0.15, -0.1) is 132 Å². The molecule has 16 heteroatoms. The Morgan fingerprint density at radius 2 is 0.604 bits per heavy atom. The number of thiophene rings is 4. The molecule has 588 valence electrons. The van der Waals surface area contributed by atoms with Crippen LogP contribution in [0.4, 0.5) is 8.78 Å². The third-order valence-corrected chi connectivity index (χ3v) is 30.1. The Kier molecular flexibility index (Phi) is 35.9. The van der Waals surface area contributed by atoms with Gasteiger partial charge in [-0.05, 0) is 203 Å². The van der Waals surface area contributed by atoms with Gasteiger partial charge in [0.15, 0.2) is 0 Å². The lowest BCUT2D eigenvalue weighted by Crippen LogP contribution is -2.07. The lowest BCUT2D eigenvalue weighted by atomic mass is 9.94. The molecule has 0 aliphatic carbocycles. The van der Waals surface area contributed by atoms with Gasteiger partial charge in [-0.1, -0.05) is 179 Å². The summed E-state index contributed by atoms with van der Waals surface area (Å²) in [6.45, 7) is 38.2. The second kappa shape index (κ2) is 44.5. The Balaban J connectivity index is -0.00000112. The monoisotopic (exact) mass is 1720 g/mol. The van der Waals surface area contributed by atoms with E-state index in [0.717, 1.165) is 192 Å². The molecule has 4 aliphatic heterocycles. The number of rotatable bonds is 44. The first-order valence-electron chi connectivity index (χ1n) is 38.6. The van der Waals surface area contributed by atoms with Crippen LogP contribution in [-0.4, -0.2) is 43.2 Å². The summed E-state index contributed by atoms with van der Waals surface area (Å²) in [5.74, 6) is 5.85. The van der Waals surface area contributed by atoms with Crippen LogP contribution in [0.2, 0.25) is 0 Å². The molecule has 0 N–H and O–H groups in total. The van der Waals surface area contributed by atoms with Gasteiger partial charge in [0.05, 0.1) is 49.9 Å². The van der Waals surface area contributed by atoms with Crippen LogP contribution in [0.3, 0.4) is 0 Å². The molecule has 4 aliphatic rings. The molecule has 106 heavy (non-hydrogen) atoms. The summed E-state index contributed by atoms with van der Waals surface area (Å²) < 4.78 is 34.4. The molecule has 4 aromatic heterocycles. The molecule has 4 nitrogen and oxygen atoms in total. The number of halogens is 4. The van der Waals surface area contributed by atoms with Gasteiger partial charge in [0.1, 0.15) is 31.8 Å². The average molecular weight is 1720 g/mol. The van der Waals surface area contributed by atoms with Crippen LogP contribution >= 0.6 is 124 Å². The molecular formula is C90H132Br2F2N4S8. The molecule has 6 atom stereocenters. The van der Waals surface area contributed by atoms with E-state index in [1.165, 1.54) is 85.1 Å². The third-order valence-electron chi connectivity index (χ3n) is 20.0. The number of unbranched alkanes of at least 4 members (excludes halogenated alkanes) is 6. The Hall–Kier alpha value is -4.46. The highest BCUT2D eigenvalue weighted by Gasteiger charge is 2.40. The van der Waals surface area contributed by atoms with Gasteiger partial charge in [0, 0.05) is 83.3 Å². The van der Waals surface area contributed by atoms with Crippen LogP contribution in [0.1, 0.15) is 218 Å². The molecule has 2 aromatic carbocycles. The van der Waals surface area contributed by atoms with Crippen LogP contribution in [-0.2, 0) is 12.8 Å². The summed E-state index contributed by atoms with van der Waals surface area (Å²) in [5.41, 5.74) is 11.6. The van der Waals surface area contributed by atoms with Crippen molar-refractivity contribution in [3.63, 3.8) is 0 Å². The summed E-state index contributed by atoms with van der Waals surface area (Å²) in [4.78, 5) is 27.7. The average Bonchev–Trinajstić information content (AvgIpc) is 1.59. The van der Waals surface area contributed by atoms with Crippen LogP contribution in [0.5, 0.6) is 0 Å². The van der Waals surface area contributed by atoms with Crippen molar-refractivity contribution in [2.75, 3.05) is 23.0 Å². The second-order valence-corrected chi connectivity index (χ2v) is 39.0. The van der Waals surface area contributed by atoms with Crippen LogP contribution in [0, 0.1) is 47.1 Å². The van der Waals surface area contributed by atoms with E-state index in [4.69, 9.17) is 20.0 Å². The first kappa shape index (κ1) is 85.5. The predicted octanol–water partition coefficient (Wildman–Crippen LogP) is 34.4. The summed E-state index contributed by atoms with van der Waals surface area (Å²) in [6.07, 6.45) is 37.0. The number of aryl methyl sites for hydroxylation is 2. The number of fused-ring (bicyclic) bond motifs is 2. The topological polar surface area (TPSA) is 49.4 Å². The number of nitrogens with zero attached hydrogens (tertiary/aromatic N) is 4. The molecule has 0 fully saturated rings. The minimum atomic E-state index is -0.196. The number of thioether (sulfide) groups is 4. The lowest BCUT2D eigenvalue weighted by Gasteiger charge is -2.13. The smallest absolute Gasteiger partial charge is 0.132 e. The molecule has 0 radical (unpaired) electrons. The van der Waals surface area contributed by atoms with Crippen LogP contribution in [0.15, 0.2) is 211 Å². The van der Waals surface area contributed by atoms with Gasteiger partial charge in [-0.25, -0.2) is 28.8 Å². The second-order valence-electron chi connectivity index (χ2n) is 27.9. The number of benzene rings is 2. The first-order chi connectivity index (χ1) is 51.7. The fraction of sp³-hybridized carbons (Fsp3) is 0.422. The van der Waals surface area contributed by atoms with Crippen LogP contribution in [0.25, 0.3) is 43.7 Å². The minimum absolute atomic E-state index is 0. The molecule has 0 amide bonds. The van der Waals surface area contributed by atoms with E-state index < -0.39 is 0 Å². The van der Waals surface area contributed by atoms with Gasteiger partial charge in [0.2, 0.25) is 0 Å². The summed E-state index contributed by atoms with van der Waals surface area (Å²) in [7, 11) is 0. The standard InChI is InChI=1S/C60H74F2N2S4.C30H34Br2N2S4.12H2/c1-9-17-21-41(13-5)25-27-45-29-31-47(49(61)37-45)51-33-35-53(67-51)57-55-56(60(63-57)66-40-44(16-8)24-20-12-4)58(64-59(55)65-39-43(15-7)23-19-11-3)54-36-34-52(68-54)48-32-30-46(38-50(48)62)28-26-42(14-6)22-18-10-2;1-5-9-11-19(7-3)17-35-29-25-26(28(33-29)22-14-16-24(32)38-22)30(36-18-20(8-4)12-10-6-2)34-27(25)21-13-15-23(31)37-21;;;;;;;;;;;;/h13-16,29-38,41-44H,5-12,17-28,39-40H2,1-4H3;7-8,13-16,19-20H,3-6,9-12,17-18H2,1-2H3;12*1H. The summed E-state index contributed by atoms with van der Waals surface area (Å²) in [6, 6.07) is 28.4. The normalized spacial score (nSPS) is 15.7. The molecule has 0 spiro atoms. The highest BCUT2D eigenvalue weighted by Crippen LogP contribution is 2.53. The van der Waals surface area contributed by atoms with E-state index in [9.17, 15) is 0 Å². The Bertz CT molecular complexity index is 4040. The van der Waals surface area contributed by atoms with E-state index in [2.05, 4.69) is 198 Å². The molecule has 8 heterocycles. The van der Waals surface area contributed by atoms with Gasteiger partial charge < -0.3 is 0 Å². The molecule has 0 saturated carbocycles. The zero-order valence-corrected chi connectivity index (χ0v) is 72.9. The van der Waals surface area contributed by atoms with Crippen molar-refractivity contribution in [2.24, 2.45) is 55.5 Å². The number of hydrogen-bond donors (Lipinski definition) is 0. The highest BCUT2D eigenvalue weighted by atomic mass is 79.9. The fourth-order valence-electron chi connectivity index (χ4n) is 13.3. The molecule has 6 unspecified atom stereocenters. The van der Waals surface area contributed by atoms with Crippen LogP contribution < -0.4 is 0 Å². The van der Waals surface area contributed by atoms with E-state index in [0.29, 0.717) is 46.6 Å². The minimum Gasteiger partial charge on any atom is -0.239 e. The maximum atomic E-state index is 16.1. The number of hydrogen-bond acceptors (Lipinski definition) is 12. The summed E-state index contributed by atoms with van der Waals surface area (Å²) in [5, 5.41) is 4.08. The van der Waals surface area contributed by atoms with Crippen molar-refractivity contribution in [3.8, 4) is 20.9 Å². The number of aliphatic imine (C=N–C) groups is 4. The molecule has 6 aromatic rings. The van der Waals surface area contributed by atoms with Gasteiger partial charge in [-0.3, -0.25) is 0 Å². The van der Waals surface area contributed by atoms with Crippen molar-refractivity contribution >= 4 is 167 Å². The van der Waals surface area contributed by atoms with Gasteiger partial charge >= 0.3 is 0 Å². The quantitative estimate of drug-likeness (QED) is 0.0358. The van der Waals surface area contributed by atoms with E-state index in [1.54, 1.807) is 81.0 Å².